The van der Waals surface area contributed by atoms with Gasteiger partial charge in [-0.1, -0.05) is 71.1 Å². The average molecular weight is 798 g/mol. The van der Waals surface area contributed by atoms with Gasteiger partial charge in [0.25, 0.3) is 0 Å². The van der Waals surface area contributed by atoms with Gasteiger partial charge in [0, 0.05) is 38.3 Å². The van der Waals surface area contributed by atoms with Crippen LogP contribution in [-0.2, 0) is 28.6 Å². The van der Waals surface area contributed by atoms with E-state index >= 15 is 0 Å². The maximum atomic E-state index is 14.2. The van der Waals surface area contributed by atoms with Crippen molar-refractivity contribution in [3.8, 4) is 0 Å². The molecule has 0 radical (unpaired) electrons. The number of nitrogens with zero attached hydrogens (tertiary/aromatic N) is 1. The first-order valence-electron chi connectivity index (χ1n) is 22.0. The maximum absolute atomic E-state index is 14.2. The molecule has 13 atom stereocenters. The van der Waals surface area contributed by atoms with E-state index in [1.54, 1.807) is 12.0 Å². The number of aliphatic hydroxyl groups excluding tert-OH is 2. The molecular formula is C47H75NO9. The van der Waals surface area contributed by atoms with E-state index in [2.05, 4.69) is 26.8 Å². The summed E-state index contributed by atoms with van der Waals surface area (Å²) in [5.74, 6) is -2.32. The number of aliphatic hydroxyl groups is 3. The first kappa shape index (κ1) is 47.1. The number of carbonyl (C=O) groups is 3. The molecule has 0 aromatic carbocycles. The lowest BCUT2D eigenvalue weighted by molar-refractivity contribution is -0.284. The maximum Gasteiger partial charge on any atom is 0.329 e. The second kappa shape index (κ2) is 22.1. The number of cyclic esters (lactones) is 1. The lowest BCUT2D eigenvalue weighted by Gasteiger charge is -2.44. The van der Waals surface area contributed by atoms with Gasteiger partial charge in [-0.2, -0.15) is 0 Å². The predicted molar refractivity (Wildman–Crippen MR) is 223 cm³/mol. The number of piperidine rings is 1. The number of ether oxygens (including phenoxy) is 3. The Balaban J connectivity index is 1.58. The zero-order valence-corrected chi connectivity index (χ0v) is 36.2. The van der Waals surface area contributed by atoms with Gasteiger partial charge >= 0.3 is 5.97 Å². The molecule has 322 valence electrons. The molecule has 3 aliphatic heterocycles. The smallest absolute Gasteiger partial charge is 0.329 e. The van der Waals surface area contributed by atoms with Crippen molar-refractivity contribution in [1.29, 1.82) is 0 Å². The van der Waals surface area contributed by atoms with Crippen LogP contribution in [0.1, 0.15) is 138 Å². The topological polar surface area (TPSA) is 143 Å². The molecule has 4 aliphatic rings. The predicted octanol–water partition coefficient (Wildman–Crippen LogP) is 7.79. The monoisotopic (exact) mass is 798 g/mol. The average Bonchev–Trinajstić information content (AvgIpc) is 3.17. The van der Waals surface area contributed by atoms with E-state index < -0.39 is 30.0 Å². The lowest BCUT2D eigenvalue weighted by atomic mass is 9.76. The molecule has 10 nitrogen and oxygen atoms in total. The lowest BCUT2D eigenvalue weighted by Crippen LogP contribution is -2.54. The Labute approximate surface area is 343 Å². The molecule has 57 heavy (non-hydrogen) atoms. The SMILES string of the molecule is CO[C@H]1C[C@@H]2CC[C@@H](C)[C@](O)(CC(=O)N3CCCC[C@H]3C(=O)O[C@H](/C(C)=C/CC(O)[C@H](C)C[C@@H]3CC[C@@H](O)[C@H](C)C3)CC(=O)[C@H](C)C[C@H](C)/C=C/C=C/C=C1C)O2. The van der Waals surface area contributed by atoms with Crippen molar-refractivity contribution >= 4 is 17.7 Å². The molecule has 1 saturated carbocycles. The third kappa shape index (κ3) is 13.7. The zero-order valence-electron chi connectivity index (χ0n) is 36.2. The normalized spacial score (nSPS) is 38.3. The minimum atomic E-state index is -1.70. The minimum absolute atomic E-state index is 0.00257. The van der Waals surface area contributed by atoms with E-state index in [1.165, 1.54) is 0 Å². The van der Waals surface area contributed by atoms with E-state index in [0.29, 0.717) is 50.1 Å². The summed E-state index contributed by atoms with van der Waals surface area (Å²) >= 11 is 0. The summed E-state index contributed by atoms with van der Waals surface area (Å²) in [6.45, 7) is 14.3. The van der Waals surface area contributed by atoms with Crippen molar-refractivity contribution in [2.24, 2.45) is 35.5 Å². The Morgan fingerprint density at radius 2 is 1.77 bits per heavy atom. The number of hydrogen-bond donors (Lipinski definition) is 3. The summed E-state index contributed by atoms with van der Waals surface area (Å²) in [6, 6.07) is -0.848. The fraction of sp³-hybridized carbons (Fsp3) is 0.766. The molecule has 10 heteroatoms. The van der Waals surface area contributed by atoms with Gasteiger partial charge in [0.1, 0.15) is 17.9 Å². The molecule has 0 spiro atoms. The number of methoxy groups -OCH3 is 1. The van der Waals surface area contributed by atoms with Crippen LogP contribution in [0.4, 0.5) is 0 Å². The van der Waals surface area contributed by atoms with Gasteiger partial charge in [0.15, 0.2) is 5.79 Å². The van der Waals surface area contributed by atoms with E-state index in [-0.39, 0.29) is 72.4 Å². The summed E-state index contributed by atoms with van der Waals surface area (Å²) in [4.78, 5) is 43.6. The summed E-state index contributed by atoms with van der Waals surface area (Å²) in [5.41, 5.74) is 1.72. The number of Topliss-reactive ketones (excluding diaryl/α,β-unsaturated/α-hetero) is 1. The molecule has 3 heterocycles. The highest BCUT2D eigenvalue weighted by molar-refractivity contribution is 5.86. The van der Waals surface area contributed by atoms with E-state index in [4.69, 9.17) is 14.2 Å². The number of amides is 1. The number of hydrogen-bond acceptors (Lipinski definition) is 9. The Bertz CT molecular complexity index is 1450. The van der Waals surface area contributed by atoms with Crippen molar-refractivity contribution in [2.75, 3.05) is 13.7 Å². The van der Waals surface area contributed by atoms with Crippen LogP contribution in [-0.4, -0.2) is 93.9 Å². The van der Waals surface area contributed by atoms with Crippen LogP contribution in [0.25, 0.3) is 0 Å². The van der Waals surface area contributed by atoms with Crippen LogP contribution in [0.5, 0.6) is 0 Å². The van der Waals surface area contributed by atoms with E-state index in [9.17, 15) is 29.7 Å². The van der Waals surface area contributed by atoms with Crippen LogP contribution in [0.3, 0.4) is 0 Å². The van der Waals surface area contributed by atoms with Crippen LogP contribution in [0.2, 0.25) is 0 Å². The summed E-state index contributed by atoms with van der Waals surface area (Å²) in [5, 5.41) is 33.3. The van der Waals surface area contributed by atoms with Crippen molar-refractivity contribution in [3.63, 3.8) is 0 Å². The third-order valence-electron chi connectivity index (χ3n) is 13.6. The second-order valence-electron chi connectivity index (χ2n) is 18.4. The van der Waals surface area contributed by atoms with Gasteiger partial charge in [0.05, 0.1) is 30.8 Å². The standard InChI is InChI=1S/C47H75NO9/c1-30-14-10-9-11-15-31(2)43(55-8)27-38-20-18-36(7)47(54,57-38)29-45(52)48-23-13-12-16-39(48)46(53)56-44(28-42(51)33(4)24-30)32(3)17-21-40(49)34(5)25-37-19-22-41(50)35(6)26-37/h9-11,14-15,17,30,33-41,43-44,49-50,54H,12-13,16,18-29H2,1-8H3/b11-9+,14-10+,31-15?,32-17+/t30-,33-,34-,35-,36-,37+,38+,39+,40?,41-,43+,44+,47+/m1/s1. The van der Waals surface area contributed by atoms with Crippen molar-refractivity contribution in [2.45, 2.75) is 181 Å². The zero-order chi connectivity index (χ0) is 41.9. The van der Waals surface area contributed by atoms with Gasteiger partial charge in [-0.05, 0) is 119 Å². The molecule has 0 aromatic rings. The third-order valence-corrected chi connectivity index (χ3v) is 13.6. The van der Waals surface area contributed by atoms with Gasteiger partial charge < -0.3 is 34.4 Å². The van der Waals surface area contributed by atoms with E-state index in [1.807, 2.05) is 58.1 Å². The highest BCUT2D eigenvalue weighted by atomic mass is 16.6. The van der Waals surface area contributed by atoms with Crippen LogP contribution < -0.4 is 0 Å². The molecule has 2 saturated heterocycles. The van der Waals surface area contributed by atoms with Crippen LogP contribution in [0, 0.1) is 35.5 Å². The molecule has 1 unspecified atom stereocenters. The second-order valence-corrected chi connectivity index (χ2v) is 18.4. The highest BCUT2D eigenvalue weighted by Crippen LogP contribution is 2.38. The molecule has 3 N–H and O–H groups in total. The van der Waals surface area contributed by atoms with Crippen LogP contribution in [0.15, 0.2) is 47.6 Å². The molecule has 3 fully saturated rings. The summed E-state index contributed by atoms with van der Waals surface area (Å²) < 4.78 is 18.4. The van der Waals surface area contributed by atoms with Crippen molar-refractivity contribution in [3.05, 3.63) is 47.6 Å². The Hall–Kier alpha value is -2.63. The van der Waals surface area contributed by atoms with E-state index in [0.717, 1.165) is 50.5 Å². The number of carbonyl (C=O) groups excluding carboxylic acids is 3. The Kier molecular flexibility index (Phi) is 18.2. The fourth-order valence-electron chi connectivity index (χ4n) is 9.36. The van der Waals surface area contributed by atoms with Gasteiger partial charge in [-0.3, -0.25) is 9.59 Å². The quantitative estimate of drug-likeness (QED) is 0.174. The number of esters is 1. The largest absolute Gasteiger partial charge is 0.456 e. The molecule has 4 rings (SSSR count). The first-order chi connectivity index (χ1) is 27.0. The number of fused-ring (bicyclic) bond motifs is 3. The van der Waals surface area contributed by atoms with Gasteiger partial charge in [-0.25, -0.2) is 4.79 Å². The Morgan fingerprint density at radius 1 is 1.02 bits per heavy atom. The molecule has 0 aromatic heterocycles. The number of rotatable bonds is 7. The molecule has 2 bridgehead atoms. The molecule has 1 amide bonds. The van der Waals surface area contributed by atoms with Crippen molar-refractivity contribution < 1.29 is 43.9 Å². The van der Waals surface area contributed by atoms with Crippen LogP contribution >= 0.6 is 0 Å². The molecule has 1 aliphatic carbocycles. The fourth-order valence-corrected chi connectivity index (χ4v) is 9.36. The highest BCUT2D eigenvalue weighted by Gasteiger charge is 2.46. The van der Waals surface area contributed by atoms with Crippen molar-refractivity contribution in [1.82, 2.24) is 4.90 Å². The Morgan fingerprint density at radius 3 is 2.49 bits per heavy atom. The number of ketones is 1. The van der Waals surface area contributed by atoms with Gasteiger partial charge in [-0.15, -0.1) is 0 Å². The molecular weight excluding hydrogens is 723 g/mol. The summed E-state index contributed by atoms with van der Waals surface area (Å²) in [6.07, 6.45) is 17.8. The minimum Gasteiger partial charge on any atom is -0.456 e. The number of allylic oxidation sites excluding steroid dienone is 5. The summed E-state index contributed by atoms with van der Waals surface area (Å²) in [7, 11) is 1.66. The van der Waals surface area contributed by atoms with Gasteiger partial charge in [0.2, 0.25) is 5.91 Å². The first-order valence-corrected chi connectivity index (χ1v) is 22.0.